The summed E-state index contributed by atoms with van der Waals surface area (Å²) in [6.07, 6.45) is 6.43. The highest BCUT2D eigenvalue weighted by molar-refractivity contribution is 5.74. The molecule has 0 aliphatic heterocycles. The summed E-state index contributed by atoms with van der Waals surface area (Å²) in [6.45, 7) is 18.0. The van der Waals surface area contributed by atoms with E-state index in [1.54, 1.807) is 0 Å². The van der Waals surface area contributed by atoms with Crippen LogP contribution in [0.25, 0.3) is 33.4 Å². The molecule has 1 heterocycles. The number of nitrogens with zero attached hydrogens (tertiary/aromatic N) is 2. The van der Waals surface area contributed by atoms with Crippen molar-refractivity contribution in [3.8, 4) is 33.4 Å². The second kappa shape index (κ2) is 14.9. The van der Waals surface area contributed by atoms with Crippen LogP contribution in [0.15, 0.2) is 163 Å². The van der Waals surface area contributed by atoms with Crippen LogP contribution in [0.5, 0.6) is 0 Å². The third-order valence-electron chi connectivity index (χ3n) is 10.9. The zero-order chi connectivity index (χ0) is 37.0. The van der Waals surface area contributed by atoms with Crippen molar-refractivity contribution in [3.63, 3.8) is 0 Å². The third kappa shape index (κ3) is 6.86. The SMILES string of the molecule is C=[N+](C)/C(=C\C=C/C)C(C)(c1cc(-c2ccc(-c3ccc(-c4ccccc4)cc3)cc2)ccc1C)c1cccc(C(C)(C)c2ccccc2C)[n+]1C. The predicted octanol–water partition coefficient (Wildman–Crippen LogP) is 11.6. The van der Waals surface area contributed by atoms with Crippen LogP contribution in [0.1, 0.15) is 61.3 Å². The molecule has 0 spiro atoms. The third-order valence-corrected chi connectivity index (χ3v) is 10.9. The van der Waals surface area contributed by atoms with E-state index in [0.717, 1.165) is 5.70 Å². The topological polar surface area (TPSA) is 6.89 Å². The van der Waals surface area contributed by atoms with E-state index in [1.165, 1.54) is 67.0 Å². The summed E-state index contributed by atoms with van der Waals surface area (Å²) in [7, 11) is 4.28. The number of likely N-dealkylation sites (N-methyl/N-ethyl adjacent to an activating group) is 1. The summed E-state index contributed by atoms with van der Waals surface area (Å²) < 4.78 is 4.45. The van der Waals surface area contributed by atoms with Crippen LogP contribution in [-0.2, 0) is 17.9 Å². The first-order valence-electron chi connectivity index (χ1n) is 18.3. The van der Waals surface area contributed by atoms with Crippen molar-refractivity contribution < 1.29 is 9.14 Å². The van der Waals surface area contributed by atoms with Crippen molar-refractivity contribution in [2.75, 3.05) is 7.05 Å². The summed E-state index contributed by atoms with van der Waals surface area (Å²) in [4.78, 5) is 0. The molecule has 1 aromatic heterocycles. The Morgan fingerprint density at radius 2 is 1.06 bits per heavy atom. The van der Waals surface area contributed by atoms with Gasteiger partial charge in [-0.1, -0.05) is 127 Å². The highest BCUT2D eigenvalue weighted by Crippen LogP contribution is 2.42. The highest BCUT2D eigenvalue weighted by Gasteiger charge is 2.47. The lowest BCUT2D eigenvalue weighted by molar-refractivity contribution is -0.693. The van der Waals surface area contributed by atoms with Crippen LogP contribution in [0.2, 0.25) is 0 Å². The van der Waals surface area contributed by atoms with Crippen molar-refractivity contribution in [1.29, 1.82) is 0 Å². The first-order valence-corrected chi connectivity index (χ1v) is 18.3. The molecule has 52 heavy (non-hydrogen) atoms. The normalized spacial score (nSPS) is 13.3. The average molecular weight is 681 g/mol. The minimum Gasteiger partial charge on any atom is -0.210 e. The number of benzene rings is 5. The lowest BCUT2D eigenvalue weighted by Gasteiger charge is -2.31. The molecular formula is C50H52N2+2. The van der Waals surface area contributed by atoms with Gasteiger partial charge in [0, 0.05) is 18.2 Å². The van der Waals surface area contributed by atoms with E-state index in [0.29, 0.717) is 0 Å². The second-order valence-electron chi connectivity index (χ2n) is 14.7. The number of hydrogen-bond donors (Lipinski definition) is 0. The van der Waals surface area contributed by atoms with Gasteiger partial charge in [0.25, 0.3) is 0 Å². The van der Waals surface area contributed by atoms with Crippen molar-refractivity contribution in [2.45, 2.75) is 52.4 Å². The first-order chi connectivity index (χ1) is 25.0. The minimum absolute atomic E-state index is 0.221. The van der Waals surface area contributed by atoms with Gasteiger partial charge in [0.2, 0.25) is 11.4 Å². The lowest BCUT2D eigenvalue weighted by atomic mass is 9.72. The molecule has 2 nitrogen and oxygen atoms in total. The molecule has 260 valence electrons. The van der Waals surface area contributed by atoms with E-state index in [9.17, 15) is 0 Å². The van der Waals surface area contributed by atoms with Crippen molar-refractivity contribution >= 4 is 6.72 Å². The Labute approximate surface area is 311 Å². The van der Waals surface area contributed by atoms with Gasteiger partial charge in [-0.05, 0) is 109 Å². The molecule has 0 aliphatic rings. The second-order valence-corrected chi connectivity index (χ2v) is 14.7. The molecule has 2 heteroatoms. The van der Waals surface area contributed by atoms with E-state index < -0.39 is 5.41 Å². The maximum absolute atomic E-state index is 4.46. The zero-order valence-electron chi connectivity index (χ0n) is 32.1. The van der Waals surface area contributed by atoms with Crippen LogP contribution in [0.4, 0.5) is 0 Å². The van der Waals surface area contributed by atoms with Gasteiger partial charge < -0.3 is 0 Å². The Kier molecular flexibility index (Phi) is 10.4. The molecule has 6 aromatic rings. The Bertz CT molecular complexity index is 2270. The molecule has 1 atom stereocenters. The zero-order valence-corrected chi connectivity index (χ0v) is 32.1. The molecule has 0 amide bonds. The smallest absolute Gasteiger partial charge is 0.202 e. The van der Waals surface area contributed by atoms with Gasteiger partial charge in [0.05, 0.1) is 5.41 Å². The fraction of sp³-hybridized carbons (Fsp3) is 0.200. The predicted molar refractivity (Wildman–Crippen MR) is 221 cm³/mol. The molecule has 0 fully saturated rings. The van der Waals surface area contributed by atoms with Crippen LogP contribution in [0.3, 0.4) is 0 Å². The van der Waals surface area contributed by atoms with Crippen molar-refractivity contribution in [3.05, 3.63) is 197 Å². The van der Waals surface area contributed by atoms with Crippen LogP contribution in [0, 0.1) is 13.8 Å². The van der Waals surface area contributed by atoms with Gasteiger partial charge in [-0.15, -0.1) is 0 Å². The van der Waals surface area contributed by atoms with Gasteiger partial charge in [-0.2, -0.15) is 0 Å². The van der Waals surface area contributed by atoms with Gasteiger partial charge >= 0.3 is 0 Å². The van der Waals surface area contributed by atoms with E-state index >= 15 is 0 Å². The standard InChI is InChI=1S/C50H52N2/c1-10-11-22-47(51(7)8)50(6,48-24-17-23-46(52(48)9)49(4,5)44-21-16-15-18-36(44)2)45-35-43(26-25-37(45)3)42-33-31-41(32-34-42)40-29-27-39(28-30-40)38-19-13-12-14-20-38/h10-35H,7H2,1-6,8-9H3/q+2/b11-10-,47-22-. The Morgan fingerprint density at radius 1 is 0.577 bits per heavy atom. The maximum Gasteiger partial charge on any atom is 0.202 e. The molecule has 0 aliphatic carbocycles. The lowest BCUT2D eigenvalue weighted by Crippen LogP contribution is -2.50. The molecule has 6 rings (SSSR count). The number of aromatic nitrogens is 1. The van der Waals surface area contributed by atoms with Gasteiger partial charge in [0.1, 0.15) is 20.8 Å². The summed E-state index contributed by atoms with van der Waals surface area (Å²) >= 11 is 0. The quantitative estimate of drug-likeness (QED) is 0.0772. The highest BCUT2D eigenvalue weighted by atomic mass is 15.0. The van der Waals surface area contributed by atoms with Crippen LogP contribution in [-0.4, -0.2) is 18.3 Å². The van der Waals surface area contributed by atoms with Crippen LogP contribution >= 0.6 is 0 Å². The van der Waals surface area contributed by atoms with Crippen LogP contribution < -0.4 is 4.57 Å². The molecule has 0 N–H and O–H groups in total. The summed E-state index contributed by atoms with van der Waals surface area (Å²) in [5.41, 5.74) is 15.2. The Morgan fingerprint density at radius 3 is 1.62 bits per heavy atom. The van der Waals surface area contributed by atoms with Crippen molar-refractivity contribution in [1.82, 2.24) is 0 Å². The number of aryl methyl sites for hydroxylation is 2. The van der Waals surface area contributed by atoms with Gasteiger partial charge in [0.15, 0.2) is 11.1 Å². The van der Waals surface area contributed by atoms with Gasteiger partial charge in [-0.3, -0.25) is 0 Å². The Balaban J connectivity index is 1.46. The summed E-state index contributed by atoms with van der Waals surface area (Å²) in [5.74, 6) is 0. The van der Waals surface area contributed by atoms with E-state index in [4.69, 9.17) is 0 Å². The molecule has 0 saturated carbocycles. The maximum atomic E-state index is 4.46. The Hall–Kier alpha value is -5.60. The molecular weight excluding hydrogens is 629 g/mol. The largest absolute Gasteiger partial charge is 0.210 e. The van der Waals surface area contributed by atoms with E-state index in [1.807, 2.05) is 4.58 Å². The molecule has 0 radical (unpaired) electrons. The average Bonchev–Trinajstić information content (AvgIpc) is 3.15. The molecule has 5 aromatic carbocycles. The van der Waals surface area contributed by atoms with E-state index in [-0.39, 0.29) is 5.41 Å². The molecule has 0 saturated heterocycles. The number of rotatable bonds is 10. The summed E-state index contributed by atoms with van der Waals surface area (Å²) in [6, 6.07) is 50.8. The number of hydrogen-bond acceptors (Lipinski definition) is 0. The first kappa shape index (κ1) is 36.2. The monoisotopic (exact) mass is 680 g/mol. The fourth-order valence-corrected chi connectivity index (χ4v) is 8.08. The minimum atomic E-state index is -0.539. The number of pyridine rings is 1. The summed E-state index contributed by atoms with van der Waals surface area (Å²) in [5, 5.41) is 0. The fourth-order valence-electron chi connectivity index (χ4n) is 8.08. The van der Waals surface area contributed by atoms with E-state index in [2.05, 4.69) is 225 Å². The number of allylic oxidation sites excluding steroid dienone is 4. The molecule has 0 bridgehead atoms. The van der Waals surface area contributed by atoms with Gasteiger partial charge in [-0.25, -0.2) is 9.14 Å². The molecule has 1 unspecified atom stereocenters. The van der Waals surface area contributed by atoms with Crippen molar-refractivity contribution in [2.24, 2.45) is 7.05 Å².